The Labute approximate surface area is 116 Å². The highest BCUT2D eigenvalue weighted by atomic mass is 16.5. The summed E-state index contributed by atoms with van der Waals surface area (Å²) in [6.07, 6.45) is 0. The van der Waals surface area contributed by atoms with Crippen LogP contribution in [0.25, 0.3) is 22.2 Å². The Hall–Kier alpha value is -2.66. The number of nitrogen functional groups attached to an aromatic ring is 1. The van der Waals surface area contributed by atoms with Crippen molar-refractivity contribution in [2.75, 3.05) is 12.5 Å². The van der Waals surface area contributed by atoms with Gasteiger partial charge < -0.3 is 4.74 Å². The third-order valence-electron chi connectivity index (χ3n) is 3.08. The fraction of sp³-hybridized carbons (Fsp3) is 0.0667. The molecule has 0 bridgehead atoms. The minimum absolute atomic E-state index is 0.390. The van der Waals surface area contributed by atoms with Crippen LogP contribution in [-0.4, -0.2) is 17.1 Å². The number of hydrogen-bond donors (Lipinski definition) is 2. The molecule has 0 aliphatic carbocycles. The van der Waals surface area contributed by atoms with Crippen LogP contribution in [0.1, 0.15) is 0 Å². The topological polar surface area (TPSA) is 73.1 Å². The number of nitrogens with zero attached hydrogens (tertiary/aromatic N) is 2. The highest BCUT2D eigenvalue weighted by Gasteiger charge is 2.10. The van der Waals surface area contributed by atoms with E-state index < -0.39 is 0 Å². The third kappa shape index (κ3) is 2.15. The van der Waals surface area contributed by atoms with Crippen molar-refractivity contribution < 1.29 is 4.74 Å². The average Bonchev–Trinajstić information content (AvgIpc) is 2.54. The molecule has 0 saturated carbocycles. The molecule has 1 aromatic heterocycles. The number of fused-ring (bicyclic) bond motifs is 1. The van der Waals surface area contributed by atoms with E-state index in [-0.39, 0.29) is 0 Å². The van der Waals surface area contributed by atoms with Crippen LogP contribution < -0.4 is 16.0 Å². The smallest absolute Gasteiger partial charge is 0.238 e. The number of methoxy groups -OCH3 is 1. The van der Waals surface area contributed by atoms with Crippen molar-refractivity contribution in [1.82, 2.24) is 9.97 Å². The molecule has 1 heterocycles. The molecular weight excluding hydrogens is 252 g/mol. The Bertz CT molecular complexity index is 743. The summed E-state index contributed by atoms with van der Waals surface area (Å²) in [6.45, 7) is 0. The molecule has 0 fully saturated rings. The van der Waals surface area contributed by atoms with Crippen molar-refractivity contribution in [3.05, 3.63) is 48.5 Å². The van der Waals surface area contributed by atoms with E-state index in [1.54, 1.807) is 7.11 Å². The highest BCUT2D eigenvalue weighted by molar-refractivity contribution is 5.94. The van der Waals surface area contributed by atoms with Gasteiger partial charge in [0.15, 0.2) is 0 Å². The van der Waals surface area contributed by atoms with Crippen LogP contribution in [0.2, 0.25) is 0 Å². The summed E-state index contributed by atoms with van der Waals surface area (Å²) in [5.74, 6) is 6.60. The zero-order valence-electron chi connectivity index (χ0n) is 11.0. The maximum atomic E-state index is 5.44. The van der Waals surface area contributed by atoms with E-state index >= 15 is 0 Å². The van der Waals surface area contributed by atoms with E-state index in [0.717, 1.165) is 27.9 Å². The van der Waals surface area contributed by atoms with E-state index in [9.17, 15) is 0 Å². The molecule has 0 unspecified atom stereocenters. The van der Waals surface area contributed by atoms with Gasteiger partial charge in [-0.05, 0) is 18.2 Å². The summed E-state index contributed by atoms with van der Waals surface area (Å²) in [7, 11) is 1.64. The monoisotopic (exact) mass is 266 g/mol. The molecule has 3 N–H and O–H groups in total. The van der Waals surface area contributed by atoms with Crippen LogP contribution in [0.4, 0.5) is 5.95 Å². The number of hydrazine groups is 1. The molecule has 0 amide bonds. The van der Waals surface area contributed by atoms with Gasteiger partial charge in [-0.25, -0.2) is 15.8 Å². The molecule has 2 aromatic carbocycles. The maximum Gasteiger partial charge on any atom is 0.238 e. The van der Waals surface area contributed by atoms with Gasteiger partial charge in [-0.15, -0.1) is 0 Å². The average molecular weight is 266 g/mol. The molecule has 3 rings (SSSR count). The number of rotatable bonds is 3. The van der Waals surface area contributed by atoms with E-state index in [1.165, 1.54) is 0 Å². The third-order valence-corrected chi connectivity index (χ3v) is 3.08. The summed E-state index contributed by atoms with van der Waals surface area (Å²) in [4.78, 5) is 8.81. The fourth-order valence-electron chi connectivity index (χ4n) is 2.12. The van der Waals surface area contributed by atoms with E-state index in [0.29, 0.717) is 5.95 Å². The van der Waals surface area contributed by atoms with Gasteiger partial charge in [-0.1, -0.05) is 30.3 Å². The minimum atomic E-state index is 0.390. The van der Waals surface area contributed by atoms with Crippen molar-refractivity contribution >= 4 is 16.9 Å². The minimum Gasteiger partial charge on any atom is -0.497 e. The number of nitrogens with two attached hydrogens (primary N) is 1. The lowest BCUT2D eigenvalue weighted by molar-refractivity contribution is 0.415. The number of benzene rings is 2. The van der Waals surface area contributed by atoms with Crippen molar-refractivity contribution in [2.24, 2.45) is 5.84 Å². The van der Waals surface area contributed by atoms with Crippen LogP contribution in [0.5, 0.6) is 5.75 Å². The number of hydrogen-bond acceptors (Lipinski definition) is 5. The SMILES string of the molecule is COc1ccc2nc(NN)nc(-c3ccccc3)c2c1. The summed E-state index contributed by atoms with van der Waals surface area (Å²) in [6, 6.07) is 15.6. The lowest BCUT2D eigenvalue weighted by Crippen LogP contribution is -2.11. The molecule has 20 heavy (non-hydrogen) atoms. The maximum absolute atomic E-state index is 5.44. The number of aromatic nitrogens is 2. The van der Waals surface area contributed by atoms with Gasteiger partial charge in [0.1, 0.15) is 5.75 Å². The molecule has 3 aromatic rings. The first-order valence-electron chi connectivity index (χ1n) is 6.19. The predicted octanol–water partition coefficient (Wildman–Crippen LogP) is 2.59. The van der Waals surface area contributed by atoms with Crippen LogP contribution >= 0.6 is 0 Å². The molecule has 0 aliphatic rings. The molecule has 5 heteroatoms. The van der Waals surface area contributed by atoms with Gasteiger partial charge in [0.25, 0.3) is 0 Å². The van der Waals surface area contributed by atoms with Gasteiger partial charge >= 0.3 is 0 Å². The second-order valence-corrected chi connectivity index (χ2v) is 4.29. The van der Waals surface area contributed by atoms with Crippen molar-refractivity contribution in [3.8, 4) is 17.0 Å². The van der Waals surface area contributed by atoms with Gasteiger partial charge in [0.2, 0.25) is 5.95 Å². The summed E-state index contributed by atoms with van der Waals surface area (Å²) >= 11 is 0. The quantitative estimate of drug-likeness (QED) is 0.563. The van der Waals surface area contributed by atoms with E-state index in [4.69, 9.17) is 10.6 Å². The predicted molar refractivity (Wildman–Crippen MR) is 79.3 cm³/mol. The van der Waals surface area contributed by atoms with Gasteiger partial charge in [0.05, 0.1) is 18.3 Å². The van der Waals surface area contributed by atoms with Crippen LogP contribution in [0, 0.1) is 0 Å². The zero-order chi connectivity index (χ0) is 13.9. The molecule has 0 radical (unpaired) electrons. The standard InChI is InChI=1S/C15H14N4O/c1-20-11-7-8-13-12(9-11)14(18-15(17-13)19-16)10-5-3-2-4-6-10/h2-9H,16H2,1H3,(H,17,18,19). The Balaban J connectivity index is 2.32. The van der Waals surface area contributed by atoms with E-state index in [2.05, 4.69) is 15.4 Å². The molecule has 100 valence electrons. The second-order valence-electron chi connectivity index (χ2n) is 4.29. The zero-order valence-corrected chi connectivity index (χ0v) is 11.0. The lowest BCUT2D eigenvalue weighted by Gasteiger charge is -2.09. The molecule has 0 saturated heterocycles. The molecule has 0 atom stereocenters. The largest absolute Gasteiger partial charge is 0.497 e. The van der Waals surface area contributed by atoms with Gasteiger partial charge in [-0.2, -0.15) is 0 Å². The number of anilines is 1. The fourth-order valence-corrected chi connectivity index (χ4v) is 2.12. The highest BCUT2D eigenvalue weighted by Crippen LogP contribution is 2.29. The van der Waals surface area contributed by atoms with Gasteiger partial charge in [0, 0.05) is 10.9 Å². The molecule has 0 aliphatic heterocycles. The van der Waals surface area contributed by atoms with Crippen LogP contribution in [0.3, 0.4) is 0 Å². The van der Waals surface area contributed by atoms with Crippen LogP contribution in [-0.2, 0) is 0 Å². The Kier molecular flexibility index (Phi) is 3.18. The Morgan fingerprint density at radius 2 is 1.85 bits per heavy atom. The van der Waals surface area contributed by atoms with Crippen molar-refractivity contribution in [3.63, 3.8) is 0 Å². The number of nitrogens with one attached hydrogen (secondary N) is 1. The lowest BCUT2D eigenvalue weighted by atomic mass is 10.1. The molecule has 0 spiro atoms. The normalized spacial score (nSPS) is 10.5. The van der Waals surface area contributed by atoms with E-state index in [1.807, 2.05) is 48.5 Å². The first kappa shape index (κ1) is 12.4. The van der Waals surface area contributed by atoms with Crippen LogP contribution in [0.15, 0.2) is 48.5 Å². The second kappa shape index (κ2) is 5.14. The molecule has 5 nitrogen and oxygen atoms in total. The number of ether oxygens (including phenoxy) is 1. The van der Waals surface area contributed by atoms with Crippen molar-refractivity contribution in [1.29, 1.82) is 0 Å². The summed E-state index contributed by atoms with van der Waals surface area (Å²) in [5.41, 5.74) is 5.14. The first-order chi connectivity index (χ1) is 9.81. The van der Waals surface area contributed by atoms with Crippen molar-refractivity contribution in [2.45, 2.75) is 0 Å². The first-order valence-corrected chi connectivity index (χ1v) is 6.19. The Morgan fingerprint density at radius 3 is 2.55 bits per heavy atom. The molecular formula is C15H14N4O. The Morgan fingerprint density at radius 1 is 1.05 bits per heavy atom. The summed E-state index contributed by atoms with van der Waals surface area (Å²) in [5, 5.41) is 0.926. The van der Waals surface area contributed by atoms with Gasteiger partial charge in [-0.3, -0.25) is 5.43 Å². The summed E-state index contributed by atoms with van der Waals surface area (Å²) < 4.78 is 5.27.